The van der Waals surface area contributed by atoms with Crippen LogP contribution in [0.25, 0.3) is 11.4 Å². The quantitative estimate of drug-likeness (QED) is 0.643. The first-order valence-corrected chi connectivity index (χ1v) is 9.30. The van der Waals surface area contributed by atoms with Crippen LogP contribution in [0.1, 0.15) is 15.9 Å². The minimum Gasteiger partial charge on any atom is -0.337 e. The number of fused-ring (bicyclic) bond motifs is 4. The van der Waals surface area contributed by atoms with Gasteiger partial charge in [0.2, 0.25) is 5.78 Å². The van der Waals surface area contributed by atoms with E-state index in [1.165, 1.54) is 4.90 Å². The highest BCUT2D eigenvalue weighted by molar-refractivity contribution is 8.03. The Morgan fingerprint density at radius 1 is 0.963 bits per heavy atom. The number of para-hydroxylation sites is 1. The first kappa shape index (κ1) is 16.0. The van der Waals surface area contributed by atoms with Crippen molar-refractivity contribution in [1.29, 1.82) is 0 Å². The molecule has 6 heteroatoms. The van der Waals surface area contributed by atoms with Gasteiger partial charge >= 0.3 is 0 Å². The Labute approximate surface area is 160 Å². The van der Waals surface area contributed by atoms with Gasteiger partial charge < -0.3 is 4.90 Å². The molecule has 0 saturated heterocycles. The van der Waals surface area contributed by atoms with Crippen molar-refractivity contribution in [3.05, 3.63) is 83.3 Å². The van der Waals surface area contributed by atoms with E-state index in [0.717, 1.165) is 10.7 Å². The van der Waals surface area contributed by atoms with Crippen molar-refractivity contribution >= 4 is 28.9 Å². The van der Waals surface area contributed by atoms with Crippen LogP contribution in [0.5, 0.6) is 0 Å². The SMILES string of the molecule is CN1/C(=C/N=C2C(=O)c3cccnc3-c3ncccc32)Sc2ccccc21. The molecule has 1 aliphatic heterocycles. The lowest BCUT2D eigenvalue weighted by atomic mass is 9.90. The Bertz CT molecular complexity index is 1150. The van der Waals surface area contributed by atoms with Crippen LogP contribution in [-0.4, -0.2) is 28.5 Å². The summed E-state index contributed by atoms with van der Waals surface area (Å²) in [4.78, 5) is 29.7. The van der Waals surface area contributed by atoms with E-state index in [1.54, 1.807) is 42.5 Å². The predicted molar refractivity (Wildman–Crippen MR) is 107 cm³/mol. The number of carbonyl (C=O) groups excluding carboxylic acids is 1. The maximum Gasteiger partial charge on any atom is 0.214 e. The van der Waals surface area contributed by atoms with Gasteiger partial charge in [-0.25, -0.2) is 4.99 Å². The van der Waals surface area contributed by atoms with E-state index in [1.807, 2.05) is 31.3 Å². The molecule has 0 atom stereocenters. The van der Waals surface area contributed by atoms with Crippen LogP contribution in [0, 0.1) is 0 Å². The van der Waals surface area contributed by atoms with Crippen molar-refractivity contribution in [3.8, 4) is 11.4 Å². The van der Waals surface area contributed by atoms with Crippen LogP contribution >= 0.6 is 11.8 Å². The van der Waals surface area contributed by atoms with E-state index in [2.05, 4.69) is 32.0 Å². The summed E-state index contributed by atoms with van der Waals surface area (Å²) >= 11 is 1.64. The molecule has 1 aliphatic carbocycles. The topological polar surface area (TPSA) is 58.5 Å². The number of ketones is 1. The third-order valence-electron chi connectivity index (χ3n) is 4.63. The summed E-state index contributed by atoms with van der Waals surface area (Å²) in [6, 6.07) is 15.4. The number of Topliss-reactive ketones (excluding diaryl/α,β-unsaturated/α-hetero) is 1. The van der Waals surface area contributed by atoms with Crippen molar-refractivity contribution in [2.75, 3.05) is 11.9 Å². The number of hydrogen-bond acceptors (Lipinski definition) is 6. The van der Waals surface area contributed by atoms with E-state index in [0.29, 0.717) is 28.2 Å². The van der Waals surface area contributed by atoms with E-state index in [9.17, 15) is 4.79 Å². The van der Waals surface area contributed by atoms with Gasteiger partial charge in [-0.3, -0.25) is 14.8 Å². The van der Waals surface area contributed by atoms with Crippen LogP contribution in [0.2, 0.25) is 0 Å². The minimum absolute atomic E-state index is 0.126. The highest BCUT2D eigenvalue weighted by Gasteiger charge is 2.30. The first-order valence-electron chi connectivity index (χ1n) is 8.48. The van der Waals surface area contributed by atoms with E-state index in [4.69, 9.17) is 0 Å². The summed E-state index contributed by atoms with van der Waals surface area (Å²) in [5.74, 6) is -0.126. The van der Waals surface area contributed by atoms with Crippen LogP contribution in [0.3, 0.4) is 0 Å². The second-order valence-corrected chi connectivity index (χ2v) is 7.26. The normalized spacial score (nSPS) is 17.8. The number of aliphatic imine (C=N–C) groups is 1. The average Bonchev–Trinajstić information content (AvgIpc) is 3.04. The van der Waals surface area contributed by atoms with E-state index in [-0.39, 0.29) is 5.78 Å². The molecule has 1 aromatic carbocycles. The molecular weight excluding hydrogens is 356 g/mol. The van der Waals surface area contributed by atoms with Crippen LogP contribution < -0.4 is 4.90 Å². The van der Waals surface area contributed by atoms with Gasteiger partial charge in [-0.05, 0) is 36.4 Å². The number of pyridine rings is 2. The van der Waals surface area contributed by atoms with E-state index < -0.39 is 0 Å². The van der Waals surface area contributed by atoms with Gasteiger partial charge in [0, 0.05) is 29.9 Å². The number of anilines is 1. The fourth-order valence-corrected chi connectivity index (χ4v) is 4.32. The molecule has 27 heavy (non-hydrogen) atoms. The van der Waals surface area contributed by atoms with Crippen molar-refractivity contribution in [3.63, 3.8) is 0 Å². The molecule has 0 bridgehead atoms. The molecule has 0 N–H and O–H groups in total. The third-order valence-corrected chi connectivity index (χ3v) is 5.78. The fourth-order valence-electron chi connectivity index (χ4n) is 3.29. The molecule has 2 aromatic heterocycles. The molecule has 5 nitrogen and oxygen atoms in total. The van der Waals surface area contributed by atoms with Crippen LogP contribution in [-0.2, 0) is 0 Å². The Kier molecular flexibility index (Phi) is 3.65. The molecule has 0 unspecified atom stereocenters. The molecule has 3 aromatic rings. The van der Waals surface area contributed by atoms with Gasteiger partial charge in [0.25, 0.3) is 0 Å². The average molecular weight is 370 g/mol. The summed E-state index contributed by atoms with van der Waals surface area (Å²) in [5.41, 5.74) is 4.10. The Morgan fingerprint density at radius 2 is 1.67 bits per heavy atom. The Hall–Kier alpha value is -3.25. The lowest BCUT2D eigenvalue weighted by molar-refractivity contribution is 0.106. The number of hydrogen-bond donors (Lipinski definition) is 0. The second-order valence-electron chi connectivity index (χ2n) is 6.20. The fraction of sp³-hybridized carbons (Fsp3) is 0.0476. The highest BCUT2D eigenvalue weighted by atomic mass is 32.2. The van der Waals surface area contributed by atoms with Gasteiger partial charge in [0.15, 0.2) is 0 Å². The molecule has 2 aliphatic rings. The van der Waals surface area contributed by atoms with E-state index >= 15 is 0 Å². The maximum atomic E-state index is 13.0. The van der Waals surface area contributed by atoms with Crippen molar-refractivity contribution in [2.24, 2.45) is 4.99 Å². The largest absolute Gasteiger partial charge is 0.337 e. The van der Waals surface area contributed by atoms with Gasteiger partial charge in [-0.15, -0.1) is 0 Å². The van der Waals surface area contributed by atoms with Crippen molar-refractivity contribution < 1.29 is 4.79 Å². The third kappa shape index (κ3) is 2.49. The number of thioether (sulfide) groups is 1. The number of rotatable bonds is 1. The first-order chi connectivity index (χ1) is 13.2. The minimum atomic E-state index is -0.126. The molecule has 130 valence electrons. The summed E-state index contributed by atoms with van der Waals surface area (Å²) in [7, 11) is 2.00. The monoisotopic (exact) mass is 370 g/mol. The molecule has 0 radical (unpaired) electrons. The molecule has 0 saturated carbocycles. The predicted octanol–water partition coefficient (Wildman–Crippen LogP) is 4.17. The van der Waals surface area contributed by atoms with Crippen molar-refractivity contribution in [2.45, 2.75) is 4.90 Å². The lowest BCUT2D eigenvalue weighted by Gasteiger charge is -2.18. The maximum absolute atomic E-state index is 13.0. The van der Waals surface area contributed by atoms with Gasteiger partial charge in [-0.2, -0.15) is 0 Å². The molecule has 5 rings (SSSR count). The second kappa shape index (κ2) is 6.17. The Balaban J connectivity index is 1.61. The Morgan fingerprint density at radius 3 is 2.44 bits per heavy atom. The standard InChI is InChI=1S/C21H14N4OS/c1-25-15-8-2-3-9-16(15)27-17(25)12-24-20-13-6-4-10-22-18(13)19-14(21(20)26)7-5-11-23-19/h2-12H,1H3/b17-12-,24-20?. The molecular formula is C21H14N4OS. The number of benzene rings is 1. The van der Waals surface area contributed by atoms with Crippen molar-refractivity contribution in [1.82, 2.24) is 9.97 Å². The highest BCUT2D eigenvalue weighted by Crippen LogP contribution is 2.44. The molecule has 0 amide bonds. The molecule has 0 spiro atoms. The zero-order chi connectivity index (χ0) is 18.4. The summed E-state index contributed by atoms with van der Waals surface area (Å²) < 4.78 is 0. The van der Waals surface area contributed by atoms with Gasteiger partial charge in [-0.1, -0.05) is 23.9 Å². The lowest BCUT2D eigenvalue weighted by Crippen LogP contribution is -2.23. The van der Waals surface area contributed by atoms with Crippen LogP contribution in [0.15, 0.2) is 82.0 Å². The summed E-state index contributed by atoms with van der Waals surface area (Å²) in [5, 5.41) is 0.971. The smallest absolute Gasteiger partial charge is 0.214 e. The zero-order valence-electron chi connectivity index (χ0n) is 14.5. The van der Waals surface area contributed by atoms with Gasteiger partial charge in [0.1, 0.15) is 11.4 Å². The van der Waals surface area contributed by atoms with Gasteiger partial charge in [0.05, 0.1) is 28.2 Å². The summed E-state index contributed by atoms with van der Waals surface area (Å²) in [6.45, 7) is 0. The number of carbonyl (C=O) groups is 1. The molecule has 3 heterocycles. The zero-order valence-corrected chi connectivity index (χ0v) is 15.3. The molecule has 0 fully saturated rings. The number of aromatic nitrogens is 2. The summed E-state index contributed by atoms with van der Waals surface area (Å²) in [6.07, 6.45) is 5.15. The van der Waals surface area contributed by atoms with Crippen LogP contribution in [0.4, 0.5) is 5.69 Å². The number of nitrogens with zero attached hydrogens (tertiary/aromatic N) is 4.